The summed E-state index contributed by atoms with van der Waals surface area (Å²) in [5.41, 5.74) is 1.12. The molecule has 66 valence electrons. The van der Waals surface area contributed by atoms with Crippen LogP contribution >= 0.6 is 27.7 Å². The van der Waals surface area contributed by atoms with Crippen LogP contribution in [0.4, 0.5) is 0 Å². The van der Waals surface area contributed by atoms with E-state index < -0.39 is 0 Å². The highest BCUT2D eigenvalue weighted by molar-refractivity contribution is 9.10. The maximum atomic E-state index is 11.0. The third kappa shape index (κ3) is 2.03. The van der Waals surface area contributed by atoms with Crippen LogP contribution in [-0.4, -0.2) is 11.5 Å². The number of hydrogen-bond acceptors (Lipinski definition) is 2. The minimum atomic E-state index is 0.211. The van der Waals surface area contributed by atoms with Gasteiger partial charge in [-0.1, -0.05) is 28.1 Å². The molecule has 1 aromatic rings. The Kier molecular flexibility index (Phi) is 2.56. The van der Waals surface area contributed by atoms with Gasteiger partial charge in [0.25, 0.3) is 0 Å². The number of ketones is 1. The number of hydrogen-bond donors (Lipinski definition) is 0. The van der Waals surface area contributed by atoms with Crippen molar-refractivity contribution in [1.82, 2.24) is 0 Å². The van der Waals surface area contributed by atoms with Crippen molar-refractivity contribution in [1.29, 1.82) is 0 Å². The topological polar surface area (TPSA) is 17.1 Å². The first-order valence-corrected chi connectivity index (χ1v) is 5.67. The fourth-order valence-corrected chi connectivity index (χ4v) is 2.32. The highest BCUT2D eigenvalue weighted by Crippen LogP contribution is 2.32. The van der Waals surface area contributed by atoms with Crippen LogP contribution in [0.2, 0.25) is 0 Å². The predicted octanol–water partition coefficient (Wildman–Crippen LogP) is 3.11. The molecular weight excluding hydrogens is 248 g/mol. The van der Waals surface area contributed by atoms with Gasteiger partial charge in [0, 0.05) is 9.38 Å². The summed E-state index contributed by atoms with van der Waals surface area (Å²) in [6.07, 6.45) is 1.72. The Bertz CT molecular complexity index is 367. The largest absolute Gasteiger partial charge is 0.294 e. The molecule has 13 heavy (non-hydrogen) atoms. The molecule has 1 aromatic carbocycles. The highest BCUT2D eigenvalue weighted by atomic mass is 79.9. The molecule has 3 heteroatoms. The first kappa shape index (κ1) is 9.03. The molecule has 1 aliphatic heterocycles. The zero-order chi connectivity index (χ0) is 9.26. The maximum absolute atomic E-state index is 11.0. The summed E-state index contributed by atoms with van der Waals surface area (Å²) in [7, 11) is 0. The number of halogens is 1. The van der Waals surface area contributed by atoms with Crippen molar-refractivity contribution < 1.29 is 4.79 Å². The van der Waals surface area contributed by atoms with E-state index in [1.165, 1.54) is 0 Å². The molecule has 0 bridgehead atoms. The van der Waals surface area contributed by atoms with Gasteiger partial charge in [-0.05, 0) is 23.8 Å². The lowest BCUT2D eigenvalue weighted by Crippen LogP contribution is -1.86. The zero-order valence-electron chi connectivity index (χ0n) is 6.79. The number of allylic oxidation sites excluding steroid dienone is 1. The molecule has 0 fully saturated rings. The van der Waals surface area contributed by atoms with E-state index in [4.69, 9.17) is 0 Å². The number of carbonyl (C=O) groups is 1. The Balaban J connectivity index is 2.31. The lowest BCUT2D eigenvalue weighted by Gasteiger charge is -1.99. The monoisotopic (exact) mass is 254 g/mol. The first-order chi connectivity index (χ1) is 6.25. The van der Waals surface area contributed by atoms with Crippen LogP contribution < -0.4 is 0 Å². The second kappa shape index (κ2) is 3.68. The molecule has 0 unspecified atom stereocenters. The Morgan fingerprint density at radius 1 is 1.23 bits per heavy atom. The highest BCUT2D eigenvalue weighted by Gasteiger charge is 2.13. The Labute approximate surface area is 89.3 Å². The van der Waals surface area contributed by atoms with E-state index in [0.717, 1.165) is 14.9 Å². The maximum Gasteiger partial charge on any atom is 0.167 e. The number of benzene rings is 1. The first-order valence-electron chi connectivity index (χ1n) is 3.89. The van der Waals surface area contributed by atoms with E-state index in [9.17, 15) is 4.79 Å². The fourth-order valence-electron chi connectivity index (χ4n) is 1.16. The van der Waals surface area contributed by atoms with Crippen LogP contribution in [0.3, 0.4) is 0 Å². The van der Waals surface area contributed by atoms with Gasteiger partial charge in [0.2, 0.25) is 0 Å². The lowest BCUT2D eigenvalue weighted by atomic mass is 10.2. The summed E-state index contributed by atoms with van der Waals surface area (Å²) < 4.78 is 1.06. The van der Waals surface area contributed by atoms with Gasteiger partial charge in [-0.2, -0.15) is 0 Å². The summed E-state index contributed by atoms with van der Waals surface area (Å²) in [5, 5.41) is 0. The summed E-state index contributed by atoms with van der Waals surface area (Å²) in [6, 6.07) is 8.00. The van der Waals surface area contributed by atoms with Crippen LogP contribution in [0.15, 0.2) is 34.8 Å². The van der Waals surface area contributed by atoms with Crippen molar-refractivity contribution in [2.45, 2.75) is 0 Å². The van der Waals surface area contributed by atoms with Gasteiger partial charge in [-0.3, -0.25) is 4.79 Å². The van der Waals surface area contributed by atoms with Crippen LogP contribution in [0.1, 0.15) is 5.56 Å². The van der Waals surface area contributed by atoms with Crippen molar-refractivity contribution in [3.63, 3.8) is 0 Å². The Hall–Kier alpha value is -0.540. The summed E-state index contributed by atoms with van der Waals surface area (Å²) in [5.74, 6) is 0.800. The van der Waals surface area contributed by atoms with Gasteiger partial charge in [-0.25, -0.2) is 0 Å². The van der Waals surface area contributed by atoms with Gasteiger partial charge in [-0.15, -0.1) is 11.8 Å². The second-order valence-corrected chi connectivity index (χ2v) is 4.70. The van der Waals surface area contributed by atoms with Gasteiger partial charge < -0.3 is 0 Å². The minimum absolute atomic E-state index is 0.211. The molecule has 0 amide bonds. The van der Waals surface area contributed by atoms with Crippen LogP contribution in [0.25, 0.3) is 4.91 Å². The van der Waals surface area contributed by atoms with Crippen molar-refractivity contribution in [3.8, 4) is 0 Å². The van der Waals surface area contributed by atoms with Gasteiger partial charge in [0.05, 0.1) is 5.75 Å². The van der Waals surface area contributed by atoms with Gasteiger partial charge in [0.1, 0.15) is 0 Å². The molecule has 0 radical (unpaired) electrons. The fraction of sp³-hybridized carbons (Fsp3) is 0.100. The molecule has 0 N–H and O–H groups in total. The van der Waals surface area contributed by atoms with E-state index >= 15 is 0 Å². The Morgan fingerprint density at radius 2 is 1.92 bits per heavy atom. The Morgan fingerprint density at radius 3 is 2.46 bits per heavy atom. The molecule has 0 atom stereocenters. The third-order valence-electron chi connectivity index (χ3n) is 1.79. The predicted molar refractivity (Wildman–Crippen MR) is 59.6 cm³/mol. The lowest BCUT2D eigenvalue weighted by molar-refractivity contribution is -0.112. The van der Waals surface area contributed by atoms with Crippen LogP contribution in [0, 0.1) is 0 Å². The van der Waals surface area contributed by atoms with E-state index in [-0.39, 0.29) is 5.78 Å². The average molecular weight is 255 g/mol. The molecule has 0 aromatic heterocycles. The molecule has 1 heterocycles. The summed E-state index contributed by atoms with van der Waals surface area (Å²) in [6.45, 7) is 0. The number of carbonyl (C=O) groups excluding carboxylic acids is 1. The molecule has 1 nitrogen and oxygen atoms in total. The van der Waals surface area contributed by atoms with Gasteiger partial charge in [0.15, 0.2) is 5.78 Å². The molecule has 0 aliphatic carbocycles. The second-order valence-electron chi connectivity index (χ2n) is 2.77. The van der Waals surface area contributed by atoms with Crippen LogP contribution in [0.5, 0.6) is 0 Å². The molecule has 2 rings (SSSR count). The number of rotatable bonds is 1. The smallest absolute Gasteiger partial charge is 0.167 e. The SMILES string of the molecule is O=C1C=C(c2ccc(Br)cc2)SC1. The van der Waals surface area contributed by atoms with Crippen molar-refractivity contribution in [2.24, 2.45) is 0 Å². The van der Waals surface area contributed by atoms with Crippen molar-refractivity contribution in [3.05, 3.63) is 40.4 Å². The third-order valence-corrected chi connectivity index (χ3v) is 3.41. The standard InChI is InChI=1S/C10H7BrOS/c11-8-3-1-7(2-4-8)10-5-9(12)6-13-10/h1-5H,6H2. The van der Waals surface area contributed by atoms with E-state index in [1.54, 1.807) is 17.8 Å². The van der Waals surface area contributed by atoms with Gasteiger partial charge >= 0.3 is 0 Å². The summed E-state index contributed by atoms with van der Waals surface area (Å²) >= 11 is 4.98. The van der Waals surface area contributed by atoms with E-state index in [2.05, 4.69) is 15.9 Å². The van der Waals surface area contributed by atoms with E-state index in [0.29, 0.717) is 5.75 Å². The van der Waals surface area contributed by atoms with Crippen molar-refractivity contribution >= 4 is 38.4 Å². The quantitative estimate of drug-likeness (QED) is 0.767. The number of thioether (sulfide) groups is 1. The zero-order valence-corrected chi connectivity index (χ0v) is 9.19. The van der Waals surface area contributed by atoms with Crippen LogP contribution in [-0.2, 0) is 4.79 Å². The molecule has 0 saturated heterocycles. The summed E-state index contributed by atoms with van der Waals surface area (Å²) in [4.78, 5) is 12.1. The average Bonchev–Trinajstić information content (AvgIpc) is 2.53. The molecule has 1 aliphatic rings. The molecule has 0 spiro atoms. The van der Waals surface area contributed by atoms with E-state index in [1.807, 2.05) is 24.3 Å². The molecule has 0 saturated carbocycles. The molecular formula is C10H7BrOS. The minimum Gasteiger partial charge on any atom is -0.294 e. The normalized spacial score (nSPS) is 16.1. The van der Waals surface area contributed by atoms with Crippen molar-refractivity contribution in [2.75, 3.05) is 5.75 Å².